The molecule has 3 aromatic rings. The number of rotatable bonds is 3. The molecule has 1 aromatic carbocycles. The SMILES string of the molecule is Cc1cccc(Cn2cc(C(=O)O)c3ccccc32)n1. The number of hydrogen-bond acceptors (Lipinski definition) is 2. The number of carboxylic acids is 1. The molecule has 0 aliphatic carbocycles. The molecule has 0 bridgehead atoms. The molecule has 0 aliphatic rings. The highest BCUT2D eigenvalue weighted by molar-refractivity contribution is 6.03. The second-order valence-electron chi connectivity index (χ2n) is 4.76. The van der Waals surface area contributed by atoms with Gasteiger partial charge in [-0.25, -0.2) is 4.79 Å². The fraction of sp³-hybridized carbons (Fsp3) is 0.125. The van der Waals surface area contributed by atoms with Crippen molar-refractivity contribution >= 4 is 16.9 Å². The number of carbonyl (C=O) groups is 1. The Hall–Kier alpha value is -2.62. The number of nitrogens with zero attached hydrogens (tertiary/aromatic N) is 2. The summed E-state index contributed by atoms with van der Waals surface area (Å²) in [5, 5.41) is 10.0. The molecule has 4 nitrogen and oxygen atoms in total. The Kier molecular flexibility index (Phi) is 2.99. The lowest BCUT2D eigenvalue weighted by Crippen LogP contribution is -2.01. The van der Waals surface area contributed by atoms with Crippen molar-refractivity contribution in [3.63, 3.8) is 0 Å². The summed E-state index contributed by atoms with van der Waals surface area (Å²) in [6, 6.07) is 13.4. The summed E-state index contributed by atoms with van der Waals surface area (Å²) in [4.78, 5) is 15.8. The molecule has 20 heavy (non-hydrogen) atoms. The fourth-order valence-electron chi connectivity index (χ4n) is 2.41. The minimum Gasteiger partial charge on any atom is -0.478 e. The summed E-state index contributed by atoms with van der Waals surface area (Å²) < 4.78 is 1.93. The van der Waals surface area contributed by atoms with Crippen molar-refractivity contribution < 1.29 is 9.90 Å². The van der Waals surface area contributed by atoms with E-state index >= 15 is 0 Å². The van der Waals surface area contributed by atoms with Crippen LogP contribution in [0.15, 0.2) is 48.7 Å². The van der Waals surface area contributed by atoms with Crippen LogP contribution in [0.5, 0.6) is 0 Å². The maximum atomic E-state index is 11.3. The number of aromatic nitrogens is 2. The van der Waals surface area contributed by atoms with Gasteiger partial charge in [0.2, 0.25) is 0 Å². The predicted octanol–water partition coefficient (Wildman–Crippen LogP) is 3.09. The molecule has 100 valence electrons. The summed E-state index contributed by atoms with van der Waals surface area (Å²) in [5.41, 5.74) is 3.11. The van der Waals surface area contributed by atoms with Crippen LogP contribution in [-0.4, -0.2) is 20.6 Å². The number of aryl methyl sites for hydroxylation is 1. The Bertz CT molecular complexity index is 790. The van der Waals surface area contributed by atoms with Gasteiger partial charge < -0.3 is 9.67 Å². The standard InChI is InChI=1S/C16H14N2O2/c1-11-5-4-6-12(17-11)9-18-10-14(16(19)20)13-7-2-3-8-15(13)18/h2-8,10H,9H2,1H3,(H,19,20). The summed E-state index contributed by atoms with van der Waals surface area (Å²) in [6.45, 7) is 2.51. The Labute approximate surface area is 116 Å². The number of carboxylic acid groups (broad SMARTS) is 1. The van der Waals surface area contributed by atoms with E-state index in [0.717, 1.165) is 22.3 Å². The second kappa shape index (κ2) is 4.81. The zero-order chi connectivity index (χ0) is 14.1. The second-order valence-corrected chi connectivity index (χ2v) is 4.76. The number of pyridine rings is 1. The Balaban J connectivity index is 2.10. The highest BCUT2D eigenvalue weighted by Crippen LogP contribution is 2.22. The Morgan fingerprint density at radius 2 is 2.00 bits per heavy atom. The van der Waals surface area contributed by atoms with Gasteiger partial charge in [-0.05, 0) is 25.1 Å². The van der Waals surface area contributed by atoms with Gasteiger partial charge in [0.1, 0.15) is 0 Å². The van der Waals surface area contributed by atoms with Crippen LogP contribution >= 0.6 is 0 Å². The minimum absolute atomic E-state index is 0.327. The maximum absolute atomic E-state index is 11.3. The van der Waals surface area contributed by atoms with Crippen LogP contribution in [0.25, 0.3) is 10.9 Å². The molecule has 0 atom stereocenters. The highest BCUT2D eigenvalue weighted by atomic mass is 16.4. The van der Waals surface area contributed by atoms with Gasteiger partial charge in [0, 0.05) is 22.8 Å². The van der Waals surface area contributed by atoms with Crippen LogP contribution in [0.4, 0.5) is 0 Å². The molecule has 0 amide bonds. The molecule has 2 heterocycles. The summed E-state index contributed by atoms with van der Waals surface area (Å²) >= 11 is 0. The van der Waals surface area contributed by atoms with E-state index in [1.807, 2.05) is 54.0 Å². The number of fused-ring (bicyclic) bond motifs is 1. The van der Waals surface area contributed by atoms with Gasteiger partial charge >= 0.3 is 5.97 Å². The summed E-state index contributed by atoms with van der Waals surface area (Å²) in [5.74, 6) is -0.905. The van der Waals surface area contributed by atoms with Gasteiger partial charge in [0.05, 0.1) is 17.8 Å². The number of para-hydroxylation sites is 1. The predicted molar refractivity (Wildman–Crippen MR) is 77.0 cm³/mol. The first-order valence-corrected chi connectivity index (χ1v) is 6.39. The van der Waals surface area contributed by atoms with Gasteiger partial charge in [-0.2, -0.15) is 0 Å². The fourth-order valence-corrected chi connectivity index (χ4v) is 2.41. The molecule has 0 saturated carbocycles. The van der Waals surface area contributed by atoms with Crippen molar-refractivity contribution in [1.82, 2.24) is 9.55 Å². The van der Waals surface area contributed by atoms with Crippen molar-refractivity contribution in [2.75, 3.05) is 0 Å². The zero-order valence-corrected chi connectivity index (χ0v) is 11.1. The van der Waals surface area contributed by atoms with Crippen molar-refractivity contribution in [2.45, 2.75) is 13.5 Å². The van der Waals surface area contributed by atoms with Gasteiger partial charge in [-0.3, -0.25) is 4.98 Å². The number of benzene rings is 1. The van der Waals surface area contributed by atoms with Gasteiger partial charge in [-0.15, -0.1) is 0 Å². The maximum Gasteiger partial charge on any atom is 0.337 e. The molecular formula is C16H14N2O2. The lowest BCUT2D eigenvalue weighted by Gasteiger charge is -2.05. The molecule has 3 rings (SSSR count). The van der Waals surface area contributed by atoms with Crippen molar-refractivity contribution in [1.29, 1.82) is 0 Å². The number of aromatic carboxylic acids is 1. The molecule has 0 unspecified atom stereocenters. The van der Waals surface area contributed by atoms with Crippen molar-refractivity contribution in [2.24, 2.45) is 0 Å². The van der Waals surface area contributed by atoms with Crippen LogP contribution in [-0.2, 0) is 6.54 Å². The third kappa shape index (κ3) is 2.16. The van der Waals surface area contributed by atoms with E-state index in [-0.39, 0.29) is 0 Å². The average Bonchev–Trinajstić information content (AvgIpc) is 2.78. The van der Waals surface area contributed by atoms with Crippen molar-refractivity contribution in [3.05, 3.63) is 65.6 Å². The first-order chi connectivity index (χ1) is 9.65. The monoisotopic (exact) mass is 266 g/mol. The van der Waals surface area contributed by atoms with Gasteiger partial charge in [-0.1, -0.05) is 24.3 Å². The van der Waals surface area contributed by atoms with E-state index in [9.17, 15) is 9.90 Å². The van der Waals surface area contributed by atoms with E-state index in [1.54, 1.807) is 6.20 Å². The Morgan fingerprint density at radius 3 is 2.75 bits per heavy atom. The van der Waals surface area contributed by atoms with E-state index in [0.29, 0.717) is 12.1 Å². The summed E-state index contributed by atoms with van der Waals surface area (Å²) in [7, 11) is 0. The molecule has 0 saturated heterocycles. The van der Waals surface area contributed by atoms with Crippen LogP contribution in [0.3, 0.4) is 0 Å². The topological polar surface area (TPSA) is 55.1 Å². The zero-order valence-electron chi connectivity index (χ0n) is 11.1. The van der Waals surface area contributed by atoms with Crippen LogP contribution in [0, 0.1) is 6.92 Å². The normalized spacial score (nSPS) is 10.8. The minimum atomic E-state index is -0.905. The molecule has 0 aliphatic heterocycles. The largest absolute Gasteiger partial charge is 0.478 e. The third-order valence-electron chi connectivity index (χ3n) is 3.30. The van der Waals surface area contributed by atoms with Crippen LogP contribution in [0.1, 0.15) is 21.7 Å². The van der Waals surface area contributed by atoms with E-state index < -0.39 is 5.97 Å². The van der Waals surface area contributed by atoms with Crippen LogP contribution in [0.2, 0.25) is 0 Å². The first-order valence-electron chi connectivity index (χ1n) is 6.39. The molecule has 0 radical (unpaired) electrons. The Morgan fingerprint density at radius 1 is 1.20 bits per heavy atom. The lowest BCUT2D eigenvalue weighted by atomic mass is 10.2. The van der Waals surface area contributed by atoms with E-state index in [2.05, 4.69) is 4.98 Å². The lowest BCUT2D eigenvalue weighted by molar-refractivity contribution is 0.0699. The van der Waals surface area contributed by atoms with E-state index in [4.69, 9.17) is 0 Å². The first kappa shape index (κ1) is 12.4. The molecular weight excluding hydrogens is 252 g/mol. The molecule has 1 N–H and O–H groups in total. The average molecular weight is 266 g/mol. The quantitative estimate of drug-likeness (QED) is 0.792. The smallest absolute Gasteiger partial charge is 0.337 e. The highest BCUT2D eigenvalue weighted by Gasteiger charge is 2.13. The van der Waals surface area contributed by atoms with Gasteiger partial charge in [0.25, 0.3) is 0 Å². The van der Waals surface area contributed by atoms with Gasteiger partial charge in [0.15, 0.2) is 0 Å². The molecule has 4 heteroatoms. The van der Waals surface area contributed by atoms with E-state index in [1.165, 1.54) is 0 Å². The summed E-state index contributed by atoms with van der Waals surface area (Å²) in [6.07, 6.45) is 1.68. The molecule has 0 spiro atoms. The number of hydrogen-bond donors (Lipinski definition) is 1. The molecule has 2 aromatic heterocycles. The van der Waals surface area contributed by atoms with Crippen molar-refractivity contribution in [3.8, 4) is 0 Å². The third-order valence-corrected chi connectivity index (χ3v) is 3.30. The molecule has 0 fully saturated rings. The van der Waals surface area contributed by atoms with Crippen LogP contribution < -0.4 is 0 Å².